The molecule has 1 fully saturated rings. The second-order valence-corrected chi connectivity index (χ2v) is 8.14. The van der Waals surface area contributed by atoms with E-state index in [-0.39, 0.29) is 23.3 Å². The number of piperidine rings is 1. The van der Waals surface area contributed by atoms with Crippen molar-refractivity contribution >= 4 is 27.9 Å². The maximum Gasteiger partial charge on any atom is 0.335 e. The standard InChI is InChI=1S/C18H22N6O6S/c1-29-13-11-14(30-2)21-17(20-13)22-18(26)23-31(27,28)15-12(7-6-8-19-15)16(25)24-9-4-3-5-10-24/h6-8,11H,3-5,9-10H2,1-2H3,(H2,20,21,22,23,26). The molecule has 1 saturated heterocycles. The molecule has 0 bridgehead atoms. The molecule has 0 aromatic carbocycles. The Balaban J connectivity index is 1.80. The lowest BCUT2D eigenvalue weighted by atomic mass is 10.1. The van der Waals surface area contributed by atoms with E-state index in [1.165, 1.54) is 38.6 Å². The summed E-state index contributed by atoms with van der Waals surface area (Å²) in [5, 5.41) is 1.66. The van der Waals surface area contributed by atoms with Gasteiger partial charge in [-0.1, -0.05) is 0 Å². The van der Waals surface area contributed by atoms with E-state index in [1.807, 2.05) is 4.72 Å². The third-order valence-electron chi connectivity index (χ3n) is 4.45. The van der Waals surface area contributed by atoms with Crippen LogP contribution in [0.5, 0.6) is 11.8 Å². The van der Waals surface area contributed by atoms with Crippen LogP contribution in [0.2, 0.25) is 0 Å². The Labute approximate surface area is 179 Å². The van der Waals surface area contributed by atoms with Crippen molar-refractivity contribution in [1.29, 1.82) is 0 Å². The lowest BCUT2D eigenvalue weighted by Crippen LogP contribution is -2.39. The fourth-order valence-corrected chi connectivity index (χ4v) is 4.04. The molecule has 0 radical (unpaired) electrons. The number of carbonyl (C=O) groups excluding carboxylic acids is 2. The summed E-state index contributed by atoms with van der Waals surface area (Å²) in [7, 11) is -1.75. The van der Waals surface area contributed by atoms with Gasteiger partial charge < -0.3 is 14.4 Å². The minimum atomic E-state index is -4.46. The summed E-state index contributed by atoms with van der Waals surface area (Å²) >= 11 is 0. The summed E-state index contributed by atoms with van der Waals surface area (Å²) in [5.74, 6) is -0.489. The van der Waals surface area contributed by atoms with E-state index in [4.69, 9.17) is 9.47 Å². The van der Waals surface area contributed by atoms with Crippen LogP contribution in [0.4, 0.5) is 10.7 Å². The Morgan fingerprint density at radius 2 is 1.71 bits per heavy atom. The quantitative estimate of drug-likeness (QED) is 0.657. The number of anilines is 1. The molecule has 0 unspecified atom stereocenters. The van der Waals surface area contributed by atoms with E-state index >= 15 is 0 Å². The number of hydrogen-bond acceptors (Lipinski definition) is 9. The van der Waals surface area contributed by atoms with Gasteiger partial charge in [0.05, 0.1) is 25.8 Å². The number of likely N-dealkylation sites (tertiary alicyclic amines) is 1. The normalized spacial score (nSPS) is 13.9. The minimum absolute atomic E-state index is 0.101. The summed E-state index contributed by atoms with van der Waals surface area (Å²) in [6.45, 7) is 1.08. The van der Waals surface area contributed by atoms with Crippen LogP contribution in [0.25, 0.3) is 0 Å². The van der Waals surface area contributed by atoms with Gasteiger partial charge in [-0.05, 0) is 31.4 Å². The Kier molecular flexibility index (Phi) is 6.84. The van der Waals surface area contributed by atoms with E-state index in [2.05, 4.69) is 20.3 Å². The number of sulfonamides is 1. The molecule has 2 aromatic heterocycles. The van der Waals surface area contributed by atoms with Crippen molar-refractivity contribution in [2.45, 2.75) is 24.3 Å². The number of urea groups is 1. The molecule has 2 aromatic rings. The molecule has 0 atom stereocenters. The van der Waals surface area contributed by atoms with Crippen molar-refractivity contribution in [2.24, 2.45) is 0 Å². The fourth-order valence-electron chi connectivity index (χ4n) is 3.00. The van der Waals surface area contributed by atoms with Crippen LogP contribution < -0.4 is 19.5 Å². The number of rotatable bonds is 6. The highest BCUT2D eigenvalue weighted by Crippen LogP contribution is 2.19. The van der Waals surface area contributed by atoms with E-state index in [9.17, 15) is 18.0 Å². The maximum absolute atomic E-state index is 12.8. The average molecular weight is 450 g/mol. The Morgan fingerprint density at radius 1 is 1.06 bits per heavy atom. The molecule has 3 amide bonds. The molecule has 166 valence electrons. The molecule has 3 heterocycles. The zero-order chi connectivity index (χ0) is 22.4. The van der Waals surface area contributed by atoms with Gasteiger partial charge in [-0.3, -0.25) is 10.1 Å². The van der Waals surface area contributed by atoms with Crippen molar-refractivity contribution in [3.8, 4) is 11.8 Å². The van der Waals surface area contributed by atoms with Gasteiger partial charge in [0.25, 0.3) is 15.9 Å². The smallest absolute Gasteiger partial charge is 0.335 e. The Hall–Kier alpha value is -3.48. The molecular formula is C18H22N6O6S. The van der Waals surface area contributed by atoms with Crippen LogP contribution in [0.3, 0.4) is 0 Å². The number of aromatic nitrogens is 3. The molecule has 13 heteroatoms. The summed E-state index contributed by atoms with van der Waals surface area (Å²) < 4.78 is 37.4. The average Bonchev–Trinajstić information content (AvgIpc) is 2.78. The second kappa shape index (κ2) is 9.55. The van der Waals surface area contributed by atoms with E-state index in [0.717, 1.165) is 19.3 Å². The summed E-state index contributed by atoms with van der Waals surface area (Å²) in [5.41, 5.74) is -0.107. The van der Waals surface area contributed by atoms with E-state index in [0.29, 0.717) is 13.1 Å². The van der Waals surface area contributed by atoms with Gasteiger partial charge in [0, 0.05) is 19.3 Å². The third kappa shape index (κ3) is 5.36. The Morgan fingerprint density at radius 3 is 2.32 bits per heavy atom. The number of pyridine rings is 1. The Bertz CT molecular complexity index is 1050. The van der Waals surface area contributed by atoms with Crippen LogP contribution in [0, 0.1) is 0 Å². The topological polar surface area (TPSA) is 153 Å². The third-order valence-corrected chi connectivity index (χ3v) is 5.74. The zero-order valence-electron chi connectivity index (χ0n) is 17.0. The van der Waals surface area contributed by atoms with Gasteiger partial charge in [0.2, 0.25) is 17.7 Å². The van der Waals surface area contributed by atoms with Crippen molar-refractivity contribution < 1.29 is 27.5 Å². The highest BCUT2D eigenvalue weighted by Gasteiger charge is 2.29. The molecular weight excluding hydrogens is 428 g/mol. The monoisotopic (exact) mass is 450 g/mol. The number of amides is 3. The molecule has 0 saturated carbocycles. The SMILES string of the molecule is COc1cc(OC)nc(NC(=O)NS(=O)(=O)c2ncccc2C(=O)N2CCCCC2)n1. The predicted octanol–water partition coefficient (Wildman–Crippen LogP) is 1.03. The number of nitrogens with one attached hydrogen (secondary N) is 2. The van der Waals surface area contributed by atoms with Crippen molar-refractivity contribution in [3.63, 3.8) is 0 Å². The fraction of sp³-hybridized carbons (Fsp3) is 0.389. The van der Waals surface area contributed by atoms with Crippen molar-refractivity contribution in [1.82, 2.24) is 24.6 Å². The maximum atomic E-state index is 12.8. The molecule has 0 spiro atoms. The van der Waals surface area contributed by atoms with E-state index < -0.39 is 27.0 Å². The first kappa shape index (κ1) is 22.2. The largest absolute Gasteiger partial charge is 0.481 e. The molecule has 12 nitrogen and oxygen atoms in total. The molecule has 2 N–H and O–H groups in total. The van der Waals surface area contributed by atoms with Crippen molar-refractivity contribution in [3.05, 3.63) is 30.0 Å². The van der Waals surface area contributed by atoms with Gasteiger partial charge in [0.15, 0.2) is 5.03 Å². The molecule has 31 heavy (non-hydrogen) atoms. The number of carbonyl (C=O) groups is 2. The first-order valence-corrected chi connectivity index (χ1v) is 10.9. The highest BCUT2D eigenvalue weighted by molar-refractivity contribution is 7.90. The van der Waals surface area contributed by atoms with Crippen molar-refractivity contribution in [2.75, 3.05) is 32.6 Å². The van der Waals surface area contributed by atoms with E-state index in [1.54, 1.807) is 4.90 Å². The van der Waals surface area contributed by atoms with Gasteiger partial charge in [0.1, 0.15) is 0 Å². The number of ether oxygens (including phenoxy) is 2. The van der Waals surface area contributed by atoms with Gasteiger partial charge >= 0.3 is 6.03 Å². The number of hydrogen-bond donors (Lipinski definition) is 2. The van der Waals surface area contributed by atoms with Crippen LogP contribution >= 0.6 is 0 Å². The number of nitrogens with zero attached hydrogens (tertiary/aromatic N) is 4. The first-order chi connectivity index (χ1) is 14.8. The first-order valence-electron chi connectivity index (χ1n) is 9.39. The molecule has 1 aliphatic rings. The summed E-state index contributed by atoms with van der Waals surface area (Å²) in [4.78, 5) is 38.3. The molecule has 1 aliphatic heterocycles. The summed E-state index contributed by atoms with van der Waals surface area (Å²) in [6, 6.07) is 3.07. The number of methoxy groups -OCH3 is 2. The lowest BCUT2D eigenvalue weighted by Gasteiger charge is -2.27. The van der Waals surface area contributed by atoms with Gasteiger partial charge in [-0.25, -0.2) is 14.5 Å². The molecule has 0 aliphatic carbocycles. The predicted molar refractivity (Wildman–Crippen MR) is 108 cm³/mol. The highest BCUT2D eigenvalue weighted by atomic mass is 32.2. The second-order valence-electron chi connectivity index (χ2n) is 6.54. The summed E-state index contributed by atoms with van der Waals surface area (Å²) in [6.07, 6.45) is 3.94. The van der Waals surface area contributed by atoms with Crippen LogP contribution in [-0.2, 0) is 10.0 Å². The lowest BCUT2D eigenvalue weighted by molar-refractivity contribution is 0.0719. The van der Waals surface area contributed by atoms with Crippen LogP contribution in [0.15, 0.2) is 29.4 Å². The minimum Gasteiger partial charge on any atom is -0.481 e. The zero-order valence-corrected chi connectivity index (χ0v) is 17.8. The van der Waals surface area contributed by atoms with Crippen LogP contribution in [-0.4, -0.2) is 67.5 Å². The van der Waals surface area contributed by atoms with Gasteiger partial charge in [-0.15, -0.1) is 0 Å². The van der Waals surface area contributed by atoms with Crippen LogP contribution in [0.1, 0.15) is 29.6 Å². The van der Waals surface area contributed by atoms with Gasteiger partial charge in [-0.2, -0.15) is 18.4 Å². The molecule has 3 rings (SSSR count).